The summed E-state index contributed by atoms with van der Waals surface area (Å²) in [6.45, 7) is 16.5. The third-order valence-corrected chi connectivity index (χ3v) is 4.84. The van der Waals surface area contributed by atoms with Gasteiger partial charge in [-0.25, -0.2) is 0 Å². The van der Waals surface area contributed by atoms with Crippen molar-refractivity contribution in [2.75, 3.05) is 13.1 Å². The largest absolute Gasteiger partial charge is 0.316 e. The summed E-state index contributed by atoms with van der Waals surface area (Å²) in [7, 11) is 0. The first kappa shape index (κ1) is 17.7. The van der Waals surface area contributed by atoms with Crippen LogP contribution in [0.2, 0.25) is 0 Å². The molecule has 0 saturated heterocycles. The van der Waals surface area contributed by atoms with Crippen LogP contribution in [-0.2, 0) is 13.0 Å². The van der Waals surface area contributed by atoms with Crippen LogP contribution in [0.15, 0.2) is 4.47 Å². The normalized spacial score (nSPS) is 13.4. The van der Waals surface area contributed by atoms with E-state index >= 15 is 0 Å². The average Bonchev–Trinajstić information content (AvgIpc) is 2.64. The fourth-order valence-corrected chi connectivity index (χ4v) is 2.86. The zero-order valence-electron chi connectivity index (χ0n) is 13.8. The summed E-state index contributed by atoms with van der Waals surface area (Å²) in [4.78, 5) is 0. The maximum absolute atomic E-state index is 4.60. The third-order valence-electron chi connectivity index (χ3n) is 3.81. The summed E-state index contributed by atoms with van der Waals surface area (Å²) in [5.41, 5.74) is 2.44. The van der Waals surface area contributed by atoms with Gasteiger partial charge in [-0.2, -0.15) is 5.10 Å². The van der Waals surface area contributed by atoms with Gasteiger partial charge in [0, 0.05) is 6.54 Å². The van der Waals surface area contributed by atoms with Crippen LogP contribution >= 0.6 is 15.9 Å². The van der Waals surface area contributed by atoms with Gasteiger partial charge in [0.2, 0.25) is 0 Å². The number of nitrogens with zero attached hydrogens (tertiary/aromatic N) is 2. The topological polar surface area (TPSA) is 29.9 Å². The van der Waals surface area contributed by atoms with Crippen LogP contribution in [0.5, 0.6) is 0 Å². The van der Waals surface area contributed by atoms with E-state index in [1.165, 1.54) is 10.2 Å². The Bertz CT molecular complexity index is 410. The molecule has 0 aliphatic heterocycles. The fraction of sp³-hybridized carbons (Fsp3) is 0.812. The number of hydrogen-bond acceptors (Lipinski definition) is 2. The lowest BCUT2D eigenvalue weighted by Gasteiger charge is -2.22. The summed E-state index contributed by atoms with van der Waals surface area (Å²) in [6.07, 6.45) is 1.08. The Morgan fingerprint density at radius 3 is 2.35 bits per heavy atom. The molecule has 1 atom stereocenters. The highest BCUT2D eigenvalue weighted by Gasteiger charge is 2.20. The lowest BCUT2D eigenvalue weighted by atomic mass is 9.90. The molecule has 1 rings (SSSR count). The molecule has 0 aromatic carbocycles. The molecule has 1 heterocycles. The van der Waals surface area contributed by atoms with Gasteiger partial charge in [0.15, 0.2) is 0 Å². The quantitative estimate of drug-likeness (QED) is 0.771. The van der Waals surface area contributed by atoms with E-state index in [0.717, 1.165) is 31.7 Å². The molecule has 0 amide bonds. The minimum Gasteiger partial charge on any atom is -0.316 e. The third kappa shape index (κ3) is 4.88. The lowest BCUT2D eigenvalue weighted by molar-refractivity contribution is 0.344. The molecule has 1 unspecified atom stereocenters. The average molecular weight is 344 g/mol. The highest BCUT2D eigenvalue weighted by molar-refractivity contribution is 9.10. The van der Waals surface area contributed by atoms with Crippen molar-refractivity contribution < 1.29 is 0 Å². The summed E-state index contributed by atoms with van der Waals surface area (Å²) in [6, 6.07) is 0. The number of hydrogen-bond donors (Lipinski definition) is 1. The Kier molecular flexibility index (Phi) is 7.24. The van der Waals surface area contributed by atoms with Crippen molar-refractivity contribution in [3.05, 3.63) is 15.9 Å². The van der Waals surface area contributed by atoms with Crippen molar-refractivity contribution in [1.82, 2.24) is 15.1 Å². The maximum atomic E-state index is 4.60. The molecule has 1 aromatic rings. The van der Waals surface area contributed by atoms with Crippen molar-refractivity contribution in [2.45, 2.75) is 54.5 Å². The molecule has 1 aromatic heterocycles. The number of nitrogens with one attached hydrogen (secondary N) is 1. The van der Waals surface area contributed by atoms with Crippen molar-refractivity contribution in [2.24, 2.45) is 17.8 Å². The van der Waals surface area contributed by atoms with Crippen LogP contribution in [0.25, 0.3) is 0 Å². The first-order chi connectivity index (χ1) is 9.36. The number of aromatic nitrogens is 2. The van der Waals surface area contributed by atoms with Crippen molar-refractivity contribution in [3.63, 3.8) is 0 Å². The van der Waals surface area contributed by atoms with Crippen molar-refractivity contribution in [1.29, 1.82) is 0 Å². The van der Waals surface area contributed by atoms with Crippen LogP contribution in [-0.4, -0.2) is 22.9 Å². The Hall–Kier alpha value is -0.350. The van der Waals surface area contributed by atoms with Gasteiger partial charge in [-0.15, -0.1) is 0 Å². The van der Waals surface area contributed by atoms with E-state index in [2.05, 4.69) is 72.6 Å². The van der Waals surface area contributed by atoms with Gasteiger partial charge >= 0.3 is 0 Å². The molecule has 0 fully saturated rings. The van der Waals surface area contributed by atoms with E-state index < -0.39 is 0 Å². The molecule has 0 bridgehead atoms. The van der Waals surface area contributed by atoms with Gasteiger partial charge in [0.05, 0.1) is 15.9 Å². The van der Waals surface area contributed by atoms with Crippen LogP contribution in [0, 0.1) is 24.7 Å². The minimum absolute atomic E-state index is 0.645. The Morgan fingerprint density at radius 1 is 1.20 bits per heavy atom. The van der Waals surface area contributed by atoms with Gasteiger partial charge in [-0.1, -0.05) is 27.7 Å². The summed E-state index contributed by atoms with van der Waals surface area (Å²) in [5.74, 6) is 2.02. The van der Waals surface area contributed by atoms with E-state index in [9.17, 15) is 0 Å². The lowest BCUT2D eigenvalue weighted by Crippen LogP contribution is -2.31. The number of rotatable bonds is 8. The molecule has 3 nitrogen and oxygen atoms in total. The molecule has 4 heteroatoms. The SMILES string of the molecule is CCn1nc(C)c(Br)c1CC(CNCC(C)C)C(C)C. The molecule has 0 radical (unpaired) electrons. The molecule has 0 aliphatic carbocycles. The van der Waals surface area contributed by atoms with Crippen LogP contribution in [0.1, 0.15) is 46.0 Å². The smallest absolute Gasteiger partial charge is 0.0738 e. The van der Waals surface area contributed by atoms with Gasteiger partial charge in [0.1, 0.15) is 0 Å². The summed E-state index contributed by atoms with van der Waals surface area (Å²) < 4.78 is 3.32. The molecular formula is C16H30BrN3. The van der Waals surface area contributed by atoms with E-state index in [1.54, 1.807) is 0 Å². The van der Waals surface area contributed by atoms with Crippen LogP contribution in [0.4, 0.5) is 0 Å². The van der Waals surface area contributed by atoms with E-state index in [4.69, 9.17) is 0 Å². The Morgan fingerprint density at radius 2 is 1.85 bits per heavy atom. The first-order valence-electron chi connectivity index (χ1n) is 7.79. The summed E-state index contributed by atoms with van der Waals surface area (Å²) in [5, 5.41) is 8.20. The second kappa shape index (κ2) is 8.18. The standard InChI is InChI=1S/C16H30BrN3/c1-7-20-15(16(17)13(6)19-20)8-14(12(4)5)10-18-9-11(2)3/h11-12,14,18H,7-10H2,1-6H3. The van der Waals surface area contributed by atoms with Gasteiger partial charge in [0.25, 0.3) is 0 Å². The predicted molar refractivity (Wildman–Crippen MR) is 90.1 cm³/mol. The van der Waals surface area contributed by atoms with E-state index in [1.807, 2.05) is 0 Å². The van der Waals surface area contributed by atoms with Crippen molar-refractivity contribution >= 4 is 15.9 Å². The van der Waals surface area contributed by atoms with Crippen LogP contribution < -0.4 is 5.32 Å². The fourth-order valence-electron chi connectivity index (χ4n) is 2.41. The molecule has 116 valence electrons. The van der Waals surface area contributed by atoms with Gasteiger partial charge in [-0.05, 0) is 67.0 Å². The maximum Gasteiger partial charge on any atom is 0.0738 e. The first-order valence-corrected chi connectivity index (χ1v) is 8.58. The Labute approximate surface area is 132 Å². The highest BCUT2D eigenvalue weighted by Crippen LogP contribution is 2.26. The van der Waals surface area contributed by atoms with Crippen LogP contribution in [0.3, 0.4) is 0 Å². The predicted octanol–water partition coefficient (Wildman–Crippen LogP) is 4.03. The zero-order valence-corrected chi connectivity index (χ0v) is 15.4. The molecule has 0 spiro atoms. The number of aryl methyl sites for hydroxylation is 2. The zero-order chi connectivity index (χ0) is 15.3. The molecule has 0 saturated carbocycles. The molecule has 20 heavy (non-hydrogen) atoms. The summed E-state index contributed by atoms with van der Waals surface area (Å²) >= 11 is 3.71. The van der Waals surface area contributed by atoms with E-state index in [-0.39, 0.29) is 0 Å². The molecule has 1 N–H and O–H groups in total. The second-order valence-electron chi connectivity index (χ2n) is 6.42. The number of halogens is 1. The van der Waals surface area contributed by atoms with Crippen molar-refractivity contribution in [3.8, 4) is 0 Å². The second-order valence-corrected chi connectivity index (χ2v) is 7.22. The van der Waals surface area contributed by atoms with Gasteiger partial charge in [-0.3, -0.25) is 4.68 Å². The highest BCUT2D eigenvalue weighted by atomic mass is 79.9. The molecule has 0 aliphatic rings. The Balaban J connectivity index is 2.75. The monoisotopic (exact) mass is 343 g/mol. The van der Waals surface area contributed by atoms with E-state index in [0.29, 0.717) is 17.8 Å². The molecular weight excluding hydrogens is 314 g/mol. The van der Waals surface area contributed by atoms with Gasteiger partial charge < -0.3 is 5.32 Å². The minimum atomic E-state index is 0.645.